The highest BCUT2D eigenvalue weighted by atomic mass is 16.5. The molecule has 1 aliphatic carbocycles. The Morgan fingerprint density at radius 3 is 2.86 bits per heavy atom. The smallest absolute Gasteiger partial charge is 0.161 e. The van der Waals surface area contributed by atoms with Gasteiger partial charge in [-0.15, -0.1) is 0 Å². The Labute approximate surface area is 83.5 Å². The highest BCUT2D eigenvalue weighted by molar-refractivity contribution is 5.41. The molecule has 3 N–H and O–H groups in total. The largest absolute Gasteiger partial charge is 0.504 e. The van der Waals surface area contributed by atoms with E-state index in [9.17, 15) is 5.11 Å². The maximum Gasteiger partial charge on any atom is 0.161 e. The van der Waals surface area contributed by atoms with Gasteiger partial charge in [-0.3, -0.25) is 0 Å². The van der Waals surface area contributed by atoms with Gasteiger partial charge < -0.3 is 15.6 Å². The molecule has 0 aliphatic heterocycles. The molecular weight excluding hydrogens is 178 g/mol. The van der Waals surface area contributed by atoms with Crippen LogP contribution in [0, 0.1) is 5.92 Å². The molecule has 0 saturated heterocycles. The summed E-state index contributed by atoms with van der Waals surface area (Å²) >= 11 is 0. The maximum atomic E-state index is 9.50. The minimum Gasteiger partial charge on any atom is -0.504 e. The normalized spacial score (nSPS) is 15.5. The zero-order chi connectivity index (χ0) is 9.97. The molecule has 1 fully saturated rings. The fourth-order valence-electron chi connectivity index (χ4n) is 1.29. The van der Waals surface area contributed by atoms with Crippen molar-refractivity contribution in [1.29, 1.82) is 0 Å². The molecule has 3 heteroatoms. The molecule has 2 rings (SSSR count). The van der Waals surface area contributed by atoms with Crippen LogP contribution in [0.15, 0.2) is 18.2 Å². The Hall–Kier alpha value is -1.22. The molecule has 0 unspecified atom stereocenters. The minimum absolute atomic E-state index is 0.197. The Bertz CT molecular complexity index is 321. The van der Waals surface area contributed by atoms with Crippen LogP contribution in [0.5, 0.6) is 11.5 Å². The van der Waals surface area contributed by atoms with Crippen LogP contribution in [0.3, 0.4) is 0 Å². The van der Waals surface area contributed by atoms with Gasteiger partial charge in [-0.2, -0.15) is 0 Å². The summed E-state index contributed by atoms with van der Waals surface area (Å²) < 4.78 is 5.50. The lowest BCUT2D eigenvalue weighted by atomic mass is 10.2. The lowest BCUT2D eigenvalue weighted by Gasteiger charge is -2.08. The van der Waals surface area contributed by atoms with Crippen molar-refractivity contribution in [3.8, 4) is 11.5 Å². The second-order valence-corrected chi connectivity index (χ2v) is 3.76. The number of benzene rings is 1. The second-order valence-electron chi connectivity index (χ2n) is 3.76. The molecule has 0 amide bonds. The fourth-order valence-corrected chi connectivity index (χ4v) is 1.29. The van der Waals surface area contributed by atoms with Crippen LogP contribution in [0.2, 0.25) is 0 Å². The van der Waals surface area contributed by atoms with Gasteiger partial charge in [0.15, 0.2) is 11.5 Å². The lowest BCUT2D eigenvalue weighted by Crippen LogP contribution is -2.01. The lowest BCUT2D eigenvalue weighted by molar-refractivity contribution is 0.284. The Morgan fingerprint density at radius 1 is 1.43 bits per heavy atom. The summed E-state index contributed by atoms with van der Waals surface area (Å²) in [4.78, 5) is 0. The summed E-state index contributed by atoms with van der Waals surface area (Å²) in [5, 5.41) is 9.50. The van der Waals surface area contributed by atoms with Gasteiger partial charge in [0.2, 0.25) is 0 Å². The van der Waals surface area contributed by atoms with E-state index in [1.807, 2.05) is 0 Å². The summed E-state index contributed by atoms with van der Waals surface area (Å²) in [5.41, 5.74) is 6.48. The van der Waals surface area contributed by atoms with E-state index in [2.05, 4.69) is 0 Å². The summed E-state index contributed by atoms with van der Waals surface area (Å²) in [5.74, 6) is 1.44. The Kier molecular flexibility index (Phi) is 2.59. The third kappa shape index (κ3) is 2.17. The van der Waals surface area contributed by atoms with Crippen molar-refractivity contribution in [2.75, 3.05) is 6.61 Å². The van der Waals surface area contributed by atoms with Crippen molar-refractivity contribution in [2.45, 2.75) is 19.4 Å². The molecule has 1 saturated carbocycles. The van der Waals surface area contributed by atoms with Gasteiger partial charge in [0.1, 0.15) is 0 Å². The Morgan fingerprint density at radius 2 is 2.21 bits per heavy atom. The molecule has 0 radical (unpaired) electrons. The average Bonchev–Trinajstić information content (AvgIpc) is 3.00. The molecule has 0 atom stereocenters. The van der Waals surface area contributed by atoms with Crippen molar-refractivity contribution < 1.29 is 9.84 Å². The van der Waals surface area contributed by atoms with Gasteiger partial charge in [0, 0.05) is 6.54 Å². The van der Waals surface area contributed by atoms with Crippen molar-refractivity contribution in [1.82, 2.24) is 0 Å². The van der Waals surface area contributed by atoms with Crippen LogP contribution in [-0.2, 0) is 6.54 Å². The molecule has 3 nitrogen and oxygen atoms in total. The summed E-state index contributed by atoms with van der Waals surface area (Å²) in [7, 11) is 0. The van der Waals surface area contributed by atoms with Gasteiger partial charge in [-0.25, -0.2) is 0 Å². The summed E-state index contributed by atoms with van der Waals surface area (Å²) in [6.07, 6.45) is 2.49. The monoisotopic (exact) mass is 193 g/mol. The van der Waals surface area contributed by atoms with Crippen LogP contribution in [0.1, 0.15) is 18.4 Å². The second kappa shape index (κ2) is 3.88. The number of hydrogen-bond donors (Lipinski definition) is 2. The highest BCUT2D eigenvalue weighted by Crippen LogP contribution is 2.32. The zero-order valence-electron chi connectivity index (χ0n) is 8.07. The number of rotatable bonds is 4. The number of ether oxygens (including phenoxy) is 1. The van der Waals surface area contributed by atoms with Crippen LogP contribution >= 0.6 is 0 Å². The van der Waals surface area contributed by atoms with Crippen LogP contribution in [-0.4, -0.2) is 11.7 Å². The number of phenolic OH excluding ortho intramolecular Hbond substituents is 1. The molecular formula is C11H15NO2. The average molecular weight is 193 g/mol. The van der Waals surface area contributed by atoms with Crippen molar-refractivity contribution in [3.05, 3.63) is 23.8 Å². The summed E-state index contributed by atoms with van der Waals surface area (Å²) in [6, 6.07) is 5.24. The summed E-state index contributed by atoms with van der Waals surface area (Å²) in [6.45, 7) is 1.18. The van der Waals surface area contributed by atoms with Crippen molar-refractivity contribution >= 4 is 0 Å². The van der Waals surface area contributed by atoms with E-state index in [1.165, 1.54) is 12.8 Å². The molecule has 1 aliphatic rings. The van der Waals surface area contributed by atoms with E-state index in [0.717, 1.165) is 5.56 Å². The Balaban J connectivity index is 2.04. The quantitative estimate of drug-likeness (QED) is 0.764. The first-order valence-corrected chi connectivity index (χ1v) is 4.94. The van der Waals surface area contributed by atoms with E-state index in [-0.39, 0.29) is 5.75 Å². The van der Waals surface area contributed by atoms with E-state index in [4.69, 9.17) is 10.5 Å². The first kappa shape index (κ1) is 9.34. The van der Waals surface area contributed by atoms with Crippen LogP contribution < -0.4 is 10.5 Å². The highest BCUT2D eigenvalue weighted by Gasteiger charge is 2.22. The third-order valence-corrected chi connectivity index (χ3v) is 2.43. The predicted molar refractivity (Wildman–Crippen MR) is 54.2 cm³/mol. The van der Waals surface area contributed by atoms with Crippen LogP contribution in [0.25, 0.3) is 0 Å². The molecule has 76 valence electrons. The molecule has 1 aromatic carbocycles. The van der Waals surface area contributed by atoms with E-state index >= 15 is 0 Å². The van der Waals surface area contributed by atoms with E-state index in [0.29, 0.717) is 24.8 Å². The number of nitrogens with two attached hydrogens (primary N) is 1. The number of phenols is 1. The van der Waals surface area contributed by atoms with Gasteiger partial charge in [-0.05, 0) is 36.5 Å². The third-order valence-electron chi connectivity index (χ3n) is 2.43. The number of aromatic hydroxyl groups is 1. The molecule has 14 heavy (non-hydrogen) atoms. The van der Waals surface area contributed by atoms with Crippen molar-refractivity contribution in [3.63, 3.8) is 0 Å². The fraction of sp³-hybridized carbons (Fsp3) is 0.455. The van der Waals surface area contributed by atoms with Gasteiger partial charge >= 0.3 is 0 Å². The van der Waals surface area contributed by atoms with E-state index < -0.39 is 0 Å². The van der Waals surface area contributed by atoms with Gasteiger partial charge in [0.25, 0.3) is 0 Å². The first-order chi connectivity index (χ1) is 6.79. The molecule has 0 bridgehead atoms. The van der Waals surface area contributed by atoms with Crippen LogP contribution in [0.4, 0.5) is 0 Å². The van der Waals surface area contributed by atoms with Gasteiger partial charge in [-0.1, -0.05) is 6.07 Å². The molecule has 1 aromatic rings. The SMILES string of the molecule is NCc1ccc(O)c(OCC2CC2)c1. The standard InChI is InChI=1S/C11H15NO2/c12-6-9-3-4-10(13)11(5-9)14-7-8-1-2-8/h3-5,8,13H,1-2,6-7,12H2. The predicted octanol–water partition coefficient (Wildman–Crippen LogP) is 1.64. The van der Waals surface area contributed by atoms with E-state index in [1.54, 1.807) is 18.2 Å². The first-order valence-electron chi connectivity index (χ1n) is 4.94. The molecule has 0 aromatic heterocycles. The zero-order valence-corrected chi connectivity index (χ0v) is 8.07. The maximum absolute atomic E-state index is 9.50. The topological polar surface area (TPSA) is 55.5 Å². The molecule has 0 spiro atoms. The van der Waals surface area contributed by atoms with Crippen molar-refractivity contribution in [2.24, 2.45) is 11.7 Å². The number of hydrogen-bond acceptors (Lipinski definition) is 3. The van der Waals surface area contributed by atoms with Gasteiger partial charge in [0.05, 0.1) is 6.61 Å². The minimum atomic E-state index is 0.197. The molecule has 0 heterocycles.